The van der Waals surface area contributed by atoms with Crippen LogP contribution in [0.15, 0.2) is 0 Å². The van der Waals surface area contributed by atoms with Crippen molar-refractivity contribution in [1.82, 2.24) is 10.2 Å². The van der Waals surface area contributed by atoms with Gasteiger partial charge in [0.2, 0.25) is 0 Å². The summed E-state index contributed by atoms with van der Waals surface area (Å²) in [5.74, 6) is 3.95. The van der Waals surface area contributed by atoms with Crippen molar-refractivity contribution in [1.29, 1.82) is 0 Å². The van der Waals surface area contributed by atoms with Crippen LogP contribution in [0.5, 0.6) is 0 Å². The molecular formula is C19H32N2S. The van der Waals surface area contributed by atoms with Crippen LogP contribution in [0.4, 0.5) is 0 Å². The van der Waals surface area contributed by atoms with Gasteiger partial charge in [-0.05, 0) is 86.3 Å². The van der Waals surface area contributed by atoms with E-state index < -0.39 is 0 Å². The molecule has 1 aliphatic heterocycles. The summed E-state index contributed by atoms with van der Waals surface area (Å²) in [4.78, 5) is 2.54. The summed E-state index contributed by atoms with van der Waals surface area (Å²) < 4.78 is 0. The molecule has 0 aromatic heterocycles. The topological polar surface area (TPSA) is 15.3 Å². The zero-order valence-corrected chi connectivity index (χ0v) is 15.1. The van der Waals surface area contributed by atoms with Gasteiger partial charge >= 0.3 is 0 Å². The number of hydrogen-bond donors (Lipinski definition) is 1. The number of nitrogens with zero attached hydrogens (tertiary/aromatic N) is 1. The van der Waals surface area contributed by atoms with Crippen LogP contribution in [0.2, 0.25) is 0 Å². The van der Waals surface area contributed by atoms with E-state index in [4.69, 9.17) is 12.2 Å². The molecule has 0 spiro atoms. The van der Waals surface area contributed by atoms with Gasteiger partial charge in [-0.3, -0.25) is 0 Å². The van der Waals surface area contributed by atoms with E-state index in [1.165, 1.54) is 38.6 Å². The summed E-state index contributed by atoms with van der Waals surface area (Å²) in [7, 11) is 0. The maximum absolute atomic E-state index is 5.61. The molecule has 2 atom stereocenters. The first-order chi connectivity index (χ1) is 10.6. The lowest BCUT2D eigenvalue weighted by atomic mass is 9.49. The van der Waals surface area contributed by atoms with Crippen molar-refractivity contribution in [2.45, 2.75) is 71.3 Å². The van der Waals surface area contributed by atoms with Crippen molar-refractivity contribution in [2.75, 3.05) is 13.1 Å². The fourth-order valence-corrected chi connectivity index (χ4v) is 6.87. The van der Waals surface area contributed by atoms with E-state index in [-0.39, 0.29) is 0 Å². The first-order valence-electron chi connectivity index (χ1n) is 9.63. The predicted molar refractivity (Wildman–Crippen MR) is 95.8 cm³/mol. The van der Waals surface area contributed by atoms with Gasteiger partial charge in [0.1, 0.15) is 0 Å². The van der Waals surface area contributed by atoms with E-state index in [1.807, 2.05) is 0 Å². The van der Waals surface area contributed by atoms with Gasteiger partial charge in [0, 0.05) is 13.1 Å². The molecule has 4 saturated carbocycles. The first-order valence-corrected chi connectivity index (χ1v) is 10.0. The van der Waals surface area contributed by atoms with Crippen LogP contribution in [0.1, 0.15) is 65.2 Å². The average molecular weight is 321 g/mol. The second-order valence-corrected chi connectivity index (χ2v) is 9.39. The van der Waals surface area contributed by atoms with E-state index in [1.54, 1.807) is 19.3 Å². The van der Waals surface area contributed by atoms with Crippen molar-refractivity contribution in [3.05, 3.63) is 0 Å². The van der Waals surface area contributed by atoms with Crippen LogP contribution in [0.25, 0.3) is 0 Å². The van der Waals surface area contributed by atoms with Crippen molar-refractivity contribution >= 4 is 17.3 Å². The molecule has 124 valence electrons. The normalized spacial score (nSPS) is 44.5. The Morgan fingerprint density at radius 3 is 2.32 bits per heavy atom. The summed E-state index contributed by atoms with van der Waals surface area (Å²) in [5.41, 5.74) is 0.687. The highest BCUT2D eigenvalue weighted by molar-refractivity contribution is 7.80. The summed E-state index contributed by atoms with van der Waals surface area (Å²) in [6, 6.07) is 0.631. The van der Waals surface area contributed by atoms with Gasteiger partial charge in [-0.1, -0.05) is 20.3 Å². The Morgan fingerprint density at radius 2 is 1.77 bits per heavy atom. The van der Waals surface area contributed by atoms with E-state index in [9.17, 15) is 0 Å². The first kappa shape index (κ1) is 15.2. The van der Waals surface area contributed by atoms with E-state index in [0.717, 1.165) is 35.3 Å². The molecule has 1 N–H and O–H groups in total. The summed E-state index contributed by atoms with van der Waals surface area (Å²) in [6.07, 6.45) is 11.9. The molecule has 1 saturated heterocycles. The fraction of sp³-hybridized carbons (Fsp3) is 0.947. The monoisotopic (exact) mass is 320 g/mol. The van der Waals surface area contributed by atoms with Gasteiger partial charge in [-0.15, -0.1) is 0 Å². The molecule has 0 radical (unpaired) electrons. The molecule has 22 heavy (non-hydrogen) atoms. The second kappa shape index (κ2) is 5.65. The van der Waals surface area contributed by atoms with Crippen LogP contribution >= 0.6 is 12.2 Å². The number of rotatable bonds is 5. The minimum absolute atomic E-state index is 0.631. The molecule has 0 amide bonds. The Hall–Kier alpha value is -0.310. The molecule has 3 heteroatoms. The Labute approximate surface area is 141 Å². The van der Waals surface area contributed by atoms with E-state index in [0.29, 0.717) is 11.5 Å². The van der Waals surface area contributed by atoms with Crippen LogP contribution in [-0.4, -0.2) is 29.1 Å². The highest BCUT2D eigenvalue weighted by Crippen LogP contribution is 2.61. The van der Waals surface area contributed by atoms with Crippen LogP contribution < -0.4 is 5.32 Å². The smallest absolute Gasteiger partial charge is 0.169 e. The van der Waals surface area contributed by atoms with Gasteiger partial charge in [-0.25, -0.2) is 0 Å². The second-order valence-electron chi connectivity index (χ2n) is 9.00. The minimum Gasteiger partial charge on any atom is -0.360 e. The molecule has 1 unspecified atom stereocenters. The molecule has 1 heterocycles. The van der Waals surface area contributed by atoms with Gasteiger partial charge in [0.15, 0.2) is 5.11 Å². The molecule has 5 rings (SSSR count). The van der Waals surface area contributed by atoms with Crippen LogP contribution in [0, 0.1) is 29.1 Å². The molecule has 4 aliphatic carbocycles. The van der Waals surface area contributed by atoms with Crippen molar-refractivity contribution in [3.63, 3.8) is 0 Å². The Kier molecular flexibility index (Phi) is 3.91. The van der Waals surface area contributed by atoms with Gasteiger partial charge in [0.05, 0.1) is 6.04 Å². The third-order valence-corrected chi connectivity index (χ3v) is 7.85. The fourth-order valence-electron chi connectivity index (χ4n) is 6.56. The van der Waals surface area contributed by atoms with Gasteiger partial charge < -0.3 is 10.2 Å². The average Bonchev–Trinajstić information content (AvgIpc) is 2.84. The Morgan fingerprint density at radius 1 is 1.18 bits per heavy atom. The lowest BCUT2D eigenvalue weighted by molar-refractivity contribution is -0.0598. The summed E-state index contributed by atoms with van der Waals surface area (Å²) in [6.45, 7) is 6.96. The minimum atomic E-state index is 0.631. The largest absolute Gasteiger partial charge is 0.360 e. The third kappa shape index (κ3) is 2.57. The lowest BCUT2D eigenvalue weighted by Crippen LogP contribution is -2.48. The van der Waals surface area contributed by atoms with Crippen LogP contribution in [-0.2, 0) is 0 Å². The van der Waals surface area contributed by atoms with Crippen molar-refractivity contribution < 1.29 is 0 Å². The van der Waals surface area contributed by atoms with Gasteiger partial charge in [0.25, 0.3) is 0 Å². The number of nitrogens with one attached hydrogen (secondary N) is 1. The maximum Gasteiger partial charge on any atom is 0.169 e. The molecule has 5 fully saturated rings. The van der Waals surface area contributed by atoms with E-state index in [2.05, 4.69) is 24.1 Å². The maximum atomic E-state index is 5.61. The van der Waals surface area contributed by atoms with E-state index >= 15 is 0 Å². The zero-order chi connectivity index (χ0) is 15.3. The predicted octanol–water partition coefficient (Wildman–Crippen LogP) is 4.20. The standard InChI is InChI=1S/C19H32N2S/c1-3-13(2)17-12-20-18(22)21(17)5-4-19-9-14-6-15(10-19)8-16(7-14)11-19/h13-17H,3-12H2,1-2H3,(H,20,22)/t13?,14?,15?,16?,17-,19?/m1/s1. The van der Waals surface area contributed by atoms with Crippen molar-refractivity contribution in [3.8, 4) is 0 Å². The Bertz CT molecular complexity index is 411. The quantitative estimate of drug-likeness (QED) is 0.764. The SMILES string of the molecule is CCC(C)[C@H]1CNC(=S)N1CCC12CC3CC(CC(C3)C1)C2. The lowest BCUT2D eigenvalue weighted by Gasteiger charge is -2.57. The molecule has 4 bridgehead atoms. The van der Waals surface area contributed by atoms with Crippen LogP contribution in [0.3, 0.4) is 0 Å². The molecule has 5 aliphatic rings. The van der Waals surface area contributed by atoms with Gasteiger partial charge in [-0.2, -0.15) is 0 Å². The highest BCUT2D eigenvalue weighted by atomic mass is 32.1. The highest BCUT2D eigenvalue weighted by Gasteiger charge is 2.50. The third-order valence-electron chi connectivity index (χ3n) is 7.47. The summed E-state index contributed by atoms with van der Waals surface area (Å²) in [5, 5.41) is 4.47. The molecule has 0 aromatic carbocycles. The molecule has 2 nitrogen and oxygen atoms in total. The number of thiocarbonyl (C=S) groups is 1. The molecular weight excluding hydrogens is 288 g/mol. The van der Waals surface area contributed by atoms with Crippen molar-refractivity contribution in [2.24, 2.45) is 29.1 Å². The molecule has 0 aromatic rings. The Balaban J connectivity index is 1.42. The zero-order valence-electron chi connectivity index (χ0n) is 14.3. The summed E-state index contributed by atoms with van der Waals surface area (Å²) >= 11 is 5.61. The number of hydrogen-bond acceptors (Lipinski definition) is 1.